The predicted octanol–water partition coefficient (Wildman–Crippen LogP) is 2.90. The minimum Gasteiger partial charge on any atom is -0.493 e. The van der Waals surface area contributed by atoms with Crippen molar-refractivity contribution in [1.29, 1.82) is 0 Å². The van der Waals surface area contributed by atoms with E-state index < -0.39 is 11.4 Å². The largest absolute Gasteiger partial charge is 0.493 e. The van der Waals surface area contributed by atoms with Crippen molar-refractivity contribution < 1.29 is 23.8 Å². The van der Waals surface area contributed by atoms with E-state index in [0.29, 0.717) is 31.1 Å². The van der Waals surface area contributed by atoms with E-state index in [0.717, 1.165) is 11.1 Å². The molecule has 2 aliphatic heterocycles. The number of hydrogen-bond donors (Lipinski definition) is 1. The number of carboxylic acids is 1. The summed E-state index contributed by atoms with van der Waals surface area (Å²) in [6, 6.07) is 12.0. The third kappa shape index (κ3) is 2.61. The Morgan fingerprint density at radius 2 is 2.19 bits per heavy atom. The fourth-order valence-electron chi connectivity index (χ4n) is 4.16. The molecule has 2 atom stereocenters. The van der Waals surface area contributed by atoms with E-state index in [1.54, 1.807) is 13.2 Å². The summed E-state index contributed by atoms with van der Waals surface area (Å²) in [7, 11) is 1.57. The van der Waals surface area contributed by atoms with Gasteiger partial charge in [0.2, 0.25) is 0 Å². The Morgan fingerprint density at radius 1 is 1.38 bits per heavy atom. The molecule has 4 rings (SSSR count). The van der Waals surface area contributed by atoms with Gasteiger partial charge >= 0.3 is 5.97 Å². The van der Waals surface area contributed by atoms with Crippen LogP contribution in [0.3, 0.4) is 0 Å². The Labute approximate surface area is 151 Å². The highest BCUT2D eigenvalue weighted by molar-refractivity contribution is 5.79. The highest BCUT2D eigenvalue weighted by atomic mass is 19.1. The summed E-state index contributed by atoms with van der Waals surface area (Å²) < 4.78 is 24.7. The van der Waals surface area contributed by atoms with Crippen molar-refractivity contribution >= 4 is 5.97 Å². The Kier molecular flexibility index (Phi) is 4.07. The number of carbonyl (C=O) groups is 1. The van der Waals surface area contributed by atoms with Crippen molar-refractivity contribution in [2.45, 2.75) is 12.5 Å². The van der Waals surface area contributed by atoms with Crippen LogP contribution in [0.25, 0.3) is 0 Å². The summed E-state index contributed by atoms with van der Waals surface area (Å²) in [5.41, 5.74) is 0.683. The standard InChI is InChI=1S/C20H20FNO4/c1-25-17-7-3-6-15-16-10-22(9-13-4-2-5-14(21)8-13)11-20(16,19(23)24)12-26-18(15)17/h2-8,16H,9-12H2,1H3,(H,23,24)/t16-,20-/m1/s1. The fraction of sp³-hybridized carbons (Fsp3) is 0.350. The fourth-order valence-corrected chi connectivity index (χ4v) is 4.16. The highest BCUT2D eigenvalue weighted by Gasteiger charge is 2.56. The second-order valence-corrected chi connectivity index (χ2v) is 6.98. The number of nitrogens with zero attached hydrogens (tertiary/aromatic N) is 1. The van der Waals surface area contributed by atoms with Crippen molar-refractivity contribution in [3.8, 4) is 11.5 Å². The molecule has 6 heteroatoms. The lowest BCUT2D eigenvalue weighted by atomic mass is 9.73. The van der Waals surface area contributed by atoms with Gasteiger partial charge in [-0.3, -0.25) is 9.69 Å². The summed E-state index contributed by atoms with van der Waals surface area (Å²) in [4.78, 5) is 14.2. The molecule has 2 aromatic carbocycles. The number of likely N-dealkylation sites (tertiary alicyclic amines) is 1. The van der Waals surface area contributed by atoms with E-state index in [2.05, 4.69) is 4.90 Å². The predicted molar refractivity (Wildman–Crippen MR) is 93.0 cm³/mol. The highest BCUT2D eigenvalue weighted by Crippen LogP contribution is 2.52. The molecular weight excluding hydrogens is 337 g/mol. The number of hydrogen-bond acceptors (Lipinski definition) is 4. The molecule has 0 saturated carbocycles. The van der Waals surface area contributed by atoms with Crippen LogP contribution < -0.4 is 9.47 Å². The van der Waals surface area contributed by atoms with Gasteiger partial charge in [0.1, 0.15) is 17.8 Å². The van der Waals surface area contributed by atoms with Crippen LogP contribution in [-0.2, 0) is 11.3 Å². The molecule has 1 saturated heterocycles. The summed E-state index contributed by atoms with van der Waals surface area (Å²) in [5.74, 6) is -0.106. The first-order chi connectivity index (χ1) is 12.5. The number of aliphatic carboxylic acids is 1. The van der Waals surface area contributed by atoms with Crippen LogP contribution in [0.15, 0.2) is 42.5 Å². The lowest BCUT2D eigenvalue weighted by molar-refractivity contribution is -0.152. The SMILES string of the molecule is COc1cccc2c1OC[C@]1(C(=O)O)CN(Cc3cccc(F)c3)C[C@H]21. The second kappa shape index (κ2) is 6.29. The van der Waals surface area contributed by atoms with Gasteiger partial charge < -0.3 is 14.6 Å². The Bertz CT molecular complexity index is 855. The van der Waals surface area contributed by atoms with E-state index in [1.165, 1.54) is 12.1 Å². The van der Waals surface area contributed by atoms with Gasteiger partial charge in [0.15, 0.2) is 11.5 Å². The van der Waals surface area contributed by atoms with Gasteiger partial charge in [0.05, 0.1) is 7.11 Å². The lowest BCUT2D eigenvalue weighted by Crippen LogP contribution is -2.45. The third-order valence-electron chi connectivity index (χ3n) is 5.41. The molecule has 0 bridgehead atoms. The van der Waals surface area contributed by atoms with Gasteiger partial charge in [-0.25, -0.2) is 4.39 Å². The number of methoxy groups -OCH3 is 1. The average Bonchev–Trinajstić information content (AvgIpc) is 3.01. The van der Waals surface area contributed by atoms with Crippen LogP contribution in [0.4, 0.5) is 4.39 Å². The van der Waals surface area contributed by atoms with E-state index in [1.807, 2.05) is 24.3 Å². The minimum absolute atomic E-state index is 0.0972. The molecule has 2 heterocycles. The van der Waals surface area contributed by atoms with Crippen LogP contribution in [0, 0.1) is 11.2 Å². The number of carboxylic acid groups (broad SMARTS) is 1. The molecule has 0 aromatic heterocycles. The van der Waals surface area contributed by atoms with Crippen LogP contribution in [0.1, 0.15) is 17.0 Å². The second-order valence-electron chi connectivity index (χ2n) is 6.98. The number of halogens is 1. The van der Waals surface area contributed by atoms with Crippen LogP contribution in [0.5, 0.6) is 11.5 Å². The normalized spacial score (nSPS) is 24.5. The maximum Gasteiger partial charge on any atom is 0.315 e. The molecule has 0 unspecified atom stereocenters. The topological polar surface area (TPSA) is 59.0 Å². The van der Waals surface area contributed by atoms with Gasteiger partial charge in [0.25, 0.3) is 0 Å². The monoisotopic (exact) mass is 357 g/mol. The zero-order chi connectivity index (χ0) is 18.3. The molecule has 136 valence electrons. The number of ether oxygens (including phenoxy) is 2. The molecule has 0 spiro atoms. The summed E-state index contributed by atoms with van der Waals surface area (Å²) in [6.45, 7) is 1.54. The molecule has 5 nitrogen and oxygen atoms in total. The summed E-state index contributed by atoms with van der Waals surface area (Å²) in [6.07, 6.45) is 0. The van der Waals surface area contributed by atoms with Crippen molar-refractivity contribution in [3.05, 3.63) is 59.4 Å². The first kappa shape index (κ1) is 16.8. The smallest absolute Gasteiger partial charge is 0.315 e. The van der Waals surface area contributed by atoms with Gasteiger partial charge in [-0.1, -0.05) is 24.3 Å². The van der Waals surface area contributed by atoms with Crippen LogP contribution >= 0.6 is 0 Å². The minimum atomic E-state index is -1.01. The number of benzene rings is 2. The Hall–Kier alpha value is -2.60. The van der Waals surface area contributed by atoms with Gasteiger partial charge in [-0.2, -0.15) is 0 Å². The Balaban J connectivity index is 1.68. The molecule has 0 aliphatic carbocycles. The molecule has 2 aromatic rings. The number of fused-ring (bicyclic) bond motifs is 3. The average molecular weight is 357 g/mol. The number of rotatable bonds is 4. The molecule has 1 N–H and O–H groups in total. The van der Waals surface area contributed by atoms with Crippen molar-refractivity contribution in [3.63, 3.8) is 0 Å². The summed E-state index contributed by atoms with van der Waals surface area (Å²) >= 11 is 0. The van der Waals surface area contributed by atoms with E-state index in [9.17, 15) is 14.3 Å². The van der Waals surface area contributed by atoms with Crippen LogP contribution in [-0.4, -0.2) is 42.8 Å². The maximum atomic E-state index is 13.5. The van der Waals surface area contributed by atoms with Gasteiger partial charge in [-0.05, 0) is 23.8 Å². The van der Waals surface area contributed by atoms with E-state index >= 15 is 0 Å². The molecule has 0 amide bonds. The van der Waals surface area contributed by atoms with Crippen LogP contribution in [0.2, 0.25) is 0 Å². The zero-order valence-electron chi connectivity index (χ0n) is 14.4. The lowest BCUT2D eigenvalue weighted by Gasteiger charge is -2.36. The first-order valence-electron chi connectivity index (χ1n) is 8.53. The molecular formula is C20H20FNO4. The third-order valence-corrected chi connectivity index (χ3v) is 5.41. The van der Waals surface area contributed by atoms with Crippen molar-refractivity contribution in [1.82, 2.24) is 4.90 Å². The Morgan fingerprint density at radius 3 is 2.92 bits per heavy atom. The molecule has 2 aliphatic rings. The van der Waals surface area contributed by atoms with Gasteiger partial charge in [0, 0.05) is 31.1 Å². The molecule has 0 radical (unpaired) electrons. The van der Waals surface area contributed by atoms with Crippen molar-refractivity contribution in [2.24, 2.45) is 5.41 Å². The van der Waals surface area contributed by atoms with E-state index in [-0.39, 0.29) is 18.3 Å². The molecule has 26 heavy (non-hydrogen) atoms. The molecule has 1 fully saturated rings. The zero-order valence-corrected chi connectivity index (χ0v) is 14.4. The summed E-state index contributed by atoms with van der Waals surface area (Å²) in [5, 5.41) is 9.98. The van der Waals surface area contributed by atoms with E-state index in [4.69, 9.17) is 9.47 Å². The maximum absolute atomic E-state index is 13.5. The quantitative estimate of drug-likeness (QED) is 0.912. The first-order valence-corrected chi connectivity index (χ1v) is 8.53. The van der Waals surface area contributed by atoms with Crippen molar-refractivity contribution in [2.75, 3.05) is 26.8 Å². The number of para-hydroxylation sites is 1. The van der Waals surface area contributed by atoms with Gasteiger partial charge in [-0.15, -0.1) is 0 Å².